The van der Waals surface area contributed by atoms with Crippen molar-refractivity contribution < 1.29 is 13.6 Å². The largest absolute Gasteiger partial charge is 0.336 e. The topological polar surface area (TPSA) is 50.2 Å². The fourth-order valence-electron chi connectivity index (χ4n) is 1.98. The van der Waals surface area contributed by atoms with E-state index in [0.717, 1.165) is 6.07 Å². The lowest BCUT2D eigenvalue weighted by Gasteiger charge is -2.13. The number of amides is 2. The van der Waals surface area contributed by atoms with E-state index in [2.05, 4.69) is 10.3 Å². The highest BCUT2D eigenvalue weighted by molar-refractivity contribution is 6.16. The van der Waals surface area contributed by atoms with Gasteiger partial charge in [-0.3, -0.25) is 0 Å². The van der Waals surface area contributed by atoms with Gasteiger partial charge >= 0.3 is 6.03 Å². The molecular formula is C13H15ClF2N4O. The number of rotatable bonds is 4. The first-order valence-corrected chi connectivity index (χ1v) is 6.83. The van der Waals surface area contributed by atoms with Crippen LogP contribution in [0.15, 0.2) is 12.1 Å². The molecule has 2 rings (SSSR count). The van der Waals surface area contributed by atoms with Gasteiger partial charge in [-0.25, -0.2) is 18.6 Å². The number of aromatic nitrogens is 2. The quantitative estimate of drug-likeness (QED) is 0.880. The molecule has 0 aliphatic carbocycles. The summed E-state index contributed by atoms with van der Waals surface area (Å²) >= 11 is 5.79. The van der Waals surface area contributed by atoms with Crippen molar-refractivity contribution in [2.75, 3.05) is 20.6 Å². The van der Waals surface area contributed by atoms with Crippen LogP contribution < -0.4 is 5.32 Å². The Bertz CT molecular complexity index is 672. The van der Waals surface area contributed by atoms with Gasteiger partial charge in [0.1, 0.15) is 11.3 Å². The molecule has 2 aromatic rings. The van der Waals surface area contributed by atoms with E-state index in [4.69, 9.17) is 11.6 Å². The van der Waals surface area contributed by atoms with Gasteiger partial charge in [-0.05, 0) is 12.1 Å². The standard InChI is InChI=1S/C13H15ClF2N4O/c1-19(2)13(21)17-5-6-20-10(7-14)18-9-4-3-8(15)11(16)12(9)20/h3-4H,5-7H2,1-2H3,(H,17,21). The number of hydrogen-bond acceptors (Lipinski definition) is 2. The van der Waals surface area contributed by atoms with Crippen molar-refractivity contribution in [1.82, 2.24) is 19.8 Å². The van der Waals surface area contributed by atoms with Crippen LogP contribution in [-0.2, 0) is 12.4 Å². The van der Waals surface area contributed by atoms with E-state index >= 15 is 0 Å². The zero-order valence-electron chi connectivity index (χ0n) is 11.7. The van der Waals surface area contributed by atoms with Crippen LogP contribution in [0.3, 0.4) is 0 Å². The van der Waals surface area contributed by atoms with Crippen LogP contribution in [0.2, 0.25) is 0 Å². The average molecular weight is 317 g/mol. The van der Waals surface area contributed by atoms with E-state index in [1.54, 1.807) is 14.1 Å². The van der Waals surface area contributed by atoms with Crippen LogP contribution in [0, 0.1) is 11.6 Å². The third kappa shape index (κ3) is 3.07. The summed E-state index contributed by atoms with van der Waals surface area (Å²) in [7, 11) is 3.22. The van der Waals surface area contributed by atoms with Gasteiger partial charge in [-0.15, -0.1) is 11.6 Å². The fraction of sp³-hybridized carbons (Fsp3) is 0.385. The Kier molecular flexibility index (Phi) is 4.62. The number of carbonyl (C=O) groups excluding carboxylic acids is 1. The molecule has 0 spiro atoms. The molecule has 1 aromatic carbocycles. The van der Waals surface area contributed by atoms with Crippen molar-refractivity contribution in [3.05, 3.63) is 29.6 Å². The molecule has 0 bridgehead atoms. The van der Waals surface area contributed by atoms with Crippen molar-refractivity contribution in [2.45, 2.75) is 12.4 Å². The van der Waals surface area contributed by atoms with Crippen molar-refractivity contribution in [1.29, 1.82) is 0 Å². The third-order valence-corrected chi connectivity index (χ3v) is 3.26. The lowest BCUT2D eigenvalue weighted by molar-refractivity contribution is 0.217. The number of nitrogens with one attached hydrogen (secondary N) is 1. The van der Waals surface area contributed by atoms with Crippen LogP contribution in [0.4, 0.5) is 13.6 Å². The molecule has 21 heavy (non-hydrogen) atoms. The van der Waals surface area contributed by atoms with Crippen molar-refractivity contribution in [3.63, 3.8) is 0 Å². The van der Waals surface area contributed by atoms with Crippen LogP contribution in [0.1, 0.15) is 5.82 Å². The molecule has 0 saturated carbocycles. The van der Waals surface area contributed by atoms with E-state index in [1.807, 2.05) is 0 Å². The van der Waals surface area contributed by atoms with Crippen LogP contribution in [0.5, 0.6) is 0 Å². The maximum absolute atomic E-state index is 13.9. The molecule has 2 amide bonds. The number of fused-ring (bicyclic) bond motifs is 1. The van der Waals surface area contributed by atoms with E-state index < -0.39 is 11.6 Å². The highest BCUT2D eigenvalue weighted by Gasteiger charge is 2.17. The molecule has 0 radical (unpaired) electrons. The monoisotopic (exact) mass is 316 g/mol. The number of carbonyl (C=O) groups is 1. The van der Waals surface area contributed by atoms with Gasteiger partial charge in [0.25, 0.3) is 0 Å². The lowest BCUT2D eigenvalue weighted by Crippen LogP contribution is -2.36. The molecule has 0 atom stereocenters. The highest BCUT2D eigenvalue weighted by atomic mass is 35.5. The zero-order valence-corrected chi connectivity index (χ0v) is 12.4. The maximum atomic E-state index is 13.9. The van der Waals surface area contributed by atoms with E-state index in [9.17, 15) is 13.6 Å². The number of imidazole rings is 1. The predicted molar refractivity (Wildman–Crippen MR) is 76.3 cm³/mol. The number of alkyl halides is 1. The Balaban J connectivity index is 2.29. The Labute approximate surface area is 125 Å². The first-order valence-electron chi connectivity index (χ1n) is 6.30. The molecule has 1 aromatic heterocycles. The van der Waals surface area contributed by atoms with Gasteiger partial charge < -0.3 is 14.8 Å². The van der Waals surface area contributed by atoms with Crippen LogP contribution in [0.25, 0.3) is 11.0 Å². The summed E-state index contributed by atoms with van der Waals surface area (Å²) in [5, 5.41) is 2.65. The van der Waals surface area contributed by atoms with E-state index in [1.165, 1.54) is 15.5 Å². The first-order chi connectivity index (χ1) is 9.95. The molecule has 0 aliphatic rings. The molecule has 8 heteroatoms. The second kappa shape index (κ2) is 6.26. The van der Waals surface area contributed by atoms with Crippen molar-refractivity contribution in [3.8, 4) is 0 Å². The lowest BCUT2D eigenvalue weighted by atomic mass is 10.3. The fourth-order valence-corrected chi connectivity index (χ4v) is 2.18. The van der Waals surface area contributed by atoms with Gasteiger partial charge in [0.05, 0.1) is 11.4 Å². The van der Waals surface area contributed by atoms with Crippen LogP contribution >= 0.6 is 11.6 Å². The number of halogens is 3. The second-order valence-electron chi connectivity index (χ2n) is 4.67. The molecule has 1 heterocycles. The summed E-state index contributed by atoms with van der Waals surface area (Å²) in [6.07, 6.45) is 0. The Morgan fingerprint density at radius 3 is 2.76 bits per heavy atom. The Morgan fingerprint density at radius 1 is 1.43 bits per heavy atom. The second-order valence-corrected chi connectivity index (χ2v) is 4.94. The minimum Gasteiger partial charge on any atom is -0.336 e. The zero-order chi connectivity index (χ0) is 15.6. The summed E-state index contributed by atoms with van der Waals surface area (Å²) < 4.78 is 28.8. The average Bonchev–Trinajstić information content (AvgIpc) is 2.81. The number of benzene rings is 1. The SMILES string of the molecule is CN(C)C(=O)NCCn1c(CCl)nc2ccc(F)c(F)c21. The van der Waals surface area contributed by atoms with Gasteiger partial charge in [0, 0.05) is 27.2 Å². The Morgan fingerprint density at radius 2 is 2.14 bits per heavy atom. The van der Waals surface area contributed by atoms with Gasteiger partial charge in [-0.2, -0.15) is 0 Å². The number of urea groups is 1. The summed E-state index contributed by atoms with van der Waals surface area (Å²) in [5.74, 6) is -1.41. The molecule has 5 nitrogen and oxygen atoms in total. The minimum absolute atomic E-state index is 0.0600. The Hall–Kier alpha value is -1.89. The van der Waals surface area contributed by atoms with E-state index in [0.29, 0.717) is 11.3 Å². The molecule has 1 N–H and O–H groups in total. The molecule has 0 fully saturated rings. The maximum Gasteiger partial charge on any atom is 0.316 e. The van der Waals surface area contributed by atoms with E-state index in [-0.39, 0.29) is 30.5 Å². The molecular weight excluding hydrogens is 302 g/mol. The molecule has 0 saturated heterocycles. The van der Waals surface area contributed by atoms with Gasteiger partial charge in [-0.1, -0.05) is 0 Å². The summed E-state index contributed by atoms with van der Waals surface area (Å²) in [4.78, 5) is 17.0. The van der Waals surface area contributed by atoms with Gasteiger partial charge in [0.15, 0.2) is 11.6 Å². The first kappa shape index (κ1) is 15.5. The van der Waals surface area contributed by atoms with Gasteiger partial charge in [0.2, 0.25) is 0 Å². The van der Waals surface area contributed by atoms with Crippen LogP contribution in [-0.4, -0.2) is 41.1 Å². The highest BCUT2D eigenvalue weighted by Crippen LogP contribution is 2.22. The molecule has 0 aliphatic heterocycles. The summed E-state index contributed by atoms with van der Waals surface area (Å²) in [6.45, 7) is 0.501. The number of hydrogen-bond donors (Lipinski definition) is 1. The normalized spacial score (nSPS) is 10.9. The molecule has 0 unspecified atom stereocenters. The van der Waals surface area contributed by atoms with Crippen molar-refractivity contribution in [2.24, 2.45) is 0 Å². The smallest absolute Gasteiger partial charge is 0.316 e. The minimum atomic E-state index is -0.963. The number of nitrogens with zero attached hydrogens (tertiary/aromatic N) is 3. The van der Waals surface area contributed by atoms with Crippen molar-refractivity contribution >= 4 is 28.7 Å². The summed E-state index contributed by atoms with van der Waals surface area (Å²) in [6, 6.07) is 2.16. The summed E-state index contributed by atoms with van der Waals surface area (Å²) in [5.41, 5.74) is 0.397. The molecule has 114 valence electrons. The predicted octanol–water partition coefficient (Wildman–Crippen LogP) is 2.32. The third-order valence-electron chi connectivity index (χ3n) is 3.02.